The van der Waals surface area contributed by atoms with Gasteiger partial charge in [0.15, 0.2) is 0 Å². The van der Waals surface area contributed by atoms with Crippen LogP contribution in [0.3, 0.4) is 0 Å². The van der Waals surface area contributed by atoms with Crippen LogP contribution in [-0.2, 0) is 9.59 Å². The standard InChI is InChI=1S/C27H27N5O2/c33-26(29-25-13-7-8-16-28-25)21-14-17-31(18-15-21)27(34)23-19-24(20-9-3-1-4-10-20)32(30-23)22-11-5-2-6-12-22/h1-13,16,21,24H,14-15,17-19H2,(H,28,29,33). The fraction of sp³-hybridized carbons (Fsp3) is 0.259. The number of pyridine rings is 1. The van der Waals surface area contributed by atoms with Gasteiger partial charge in [0.05, 0.1) is 11.7 Å². The number of amides is 2. The van der Waals surface area contributed by atoms with Gasteiger partial charge in [-0.05, 0) is 42.7 Å². The molecule has 7 heteroatoms. The van der Waals surface area contributed by atoms with Crippen molar-refractivity contribution in [2.75, 3.05) is 23.4 Å². The Balaban J connectivity index is 1.26. The van der Waals surface area contributed by atoms with E-state index in [4.69, 9.17) is 5.10 Å². The number of benzene rings is 2. The normalized spacial score (nSPS) is 18.5. The number of nitrogens with one attached hydrogen (secondary N) is 1. The third-order valence-electron chi connectivity index (χ3n) is 6.43. The number of hydrogen-bond acceptors (Lipinski definition) is 5. The fourth-order valence-corrected chi connectivity index (χ4v) is 4.59. The van der Waals surface area contributed by atoms with Gasteiger partial charge in [-0.1, -0.05) is 54.6 Å². The predicted octanol–water partition coefficient (Wildman–Crippen LogP) is 4.27. The van der Waals surface area contributed by atoms with Crippen LogP contribution in [-0.4, -0.2) is 40.5 Å². The maximum absolute atomic E-state index is 13.4. The lowest BCUT2D eigenvalue weighted by Gasteiger charge is -2.31. The van der Waals surface area contributed by atoms with Gasteiger partial charge >= 0.3 is 0 Å². The van der Waals surface area contributed by atoms with Gasteiger partial charge < -0.3 is 10.2 Å². The summed E-state index contributed by atoms with van der Waals surface area (Å²) < 4.78 is 0. The highest BCUT2D eigenvalue weighted by atomic mass is 16.2. The van der Waals surface area contributed by atoms with Crippen LogP contribution in [0.15, 0.2) is 90.2 Å². The van der Waals surface area contributed by atoms with Gasteiger partial charge in [-0.25, -0.2) is 4.98 Å². The van der Waals surface area contributed by atoms with Crippen LogP contribution < -0.4 is 10.3 Å². The number of aromatic nitrogens is 1. The van der Waals surface area contributed by atoms with Crippen molar-refractivity contribution in [1.29, 1.82) is 0 Å². The molecule has 34 heavy (non-hydrogen) atoms. The zero-order valence-electron chi connectivity index (χ0n) is 18.9. The molecule has 1 fully saturated rings. The molecule has 0 spiro atoms. The summed E-state index contributed by atoms with van der Waals surface area (Å²) in [4.78, 5) is 32.0. The topological polar surface area (TPSA) is 77.9 Å². The Hall–Kier alpha value is -4.00. The fourth-order valence-electron chi connectivity index (χ4n) is 4.59. The summed E-state index contributed by atoms with van der Waals surface area (Å²) in [6.45, 7) is 1.08. The molecule has 0 saturated carbocycles. The Labute approximate surface area is 199 Å². The van der Waals surface area contributed by atoms with Gasteiger partial charge in [0, 0.05) is 31.6 Å². The summed E-state index contributed by atoms with van der Waals surface area (Å²) in [5.41, 5.74) is 2.65. The molecule has 1 unspecified atom stereocenters. The Bertz CT molecular complexity index is 1160. The van der Waals surface area contributed by atoms with Crippen molar-refractivity contribution in [3.05, 3.63) is 90.6 Å². The van der Waals surface area contributed by atoms with Gasteiger partial charge in [-0.2, -0.15) is 5.10 Å². The number of hydrogen-bond donors (Lipinski definition) is 1. The van der Waals surface area contributed by atoms with Crippen molar-refractivity contribution in [3.8, 4) is 0 Å². The second-order valence-corrected chi connectivity index (χ2v) is 8.63. The minimum Gasteiger partial charge on any atom is -0.337 e. The van der Waals surface area contributed by atoms with E-state index in [0.717, 1.165) is 11.3 Å². The van der Waals surface area contributed by atoms with Crippen LogP contribution in [0.5, 0.6) is 0 Å². The first-order valence-corrected chi connectivity index (χ1v) is 11.7. The third-order valence-corrected chi connectivity index (χ3v) is 6.43. The van der Waals surface area contributed by atoms with Crippen molar-refractivity contribution in [2.24, 2.45) is 11.0 Å². The predicted molar refractivity (Wildman–Crippen MR) is 132 cm³/mol. The number of nitrogens with zero attached hydrogens (tertiary/aromatic N) is 4. The molecule has 5 rings (SSSR count). The number of para-hydroxylation sites is 1. The number of anilines is 2. The Kier molecular flexibility index (Phi) is 6.33. The monoisotopic (exact) mass is 453 g/mol. The van der Waals surface area contributed by atoms with Crippen LogP contribution in [0.25, 0.3) is 0 Å². The van der Waals surface area contributed by atoms with Crippen molar-refractivity contribution < 1.29 is 9.59 Å². The largest absolute Gasteiger partial charge is 0.337 e. The van der Waals surface area contributed by atoms with E-state index in [2.05, 4.69) is 22.4 Å². The van der Waals surface area contributed by atoms with E-state index >= 15 is 0 Å². The van der Waals surface area contributed by atoms with Gasteiger partial charge in [0.25, 0.3) is 5.91 Å². The molecule has 0 radical (unpaired) electrons. The summed E-state index contributed by atoms with van der Waals surface area (Å²) in [5, 5.41) is 9.60. The van der Waals surface area contributed by atoms with Crippen LogP contribution in [0.4, 0.5) is 11.5 Å². The van der Waals surface area contributed by atoms with Crippen molar-refractivity contribution in [2.45, 2.75) is 25.3 Å². The lowest BCUT2D eigenvalue weighted by Crippen LogP contribution is -2.44. The number of piperidine rings is 1. The highest BCUT2D eigenvalue weighted by Gasteiger charge is 2.36. The molecule has 0 bridgehead atoms. The molecule has 1 saturated heterocycles. The highest BCUT2D eigenvalue weighted by Crippen LogP contribution is 2.35. The summed E-state index contributed by atoms with van der Waals surface area (Å²) in [5.74, 6) is 0.347. The van der Waals surface area contributed by atoms with Crippen molar-refractivity contribution in [1.82, 2.24) is 9.88 Å². The minimum absolute atomic E-state index is 0.0239. The number of carbonyl (C=O) groups excluding carboxylic acids is 2. The Morgan fingerprint density at radius 3 is 2.21 bits per heavy atom. The average molecular weight is 454 g/mol. The number of likely N-dealkylation sites (tertiary alicyclic amines) is 1. The SMILES string of the molecule is O=C(Nc1ccccn1)C1CCN(C(=O)C2=NN(c3ccccc3)C(c3ccccc3)C2)CC1. The van der Waals surface area contributed by atoms with E-state index in [9.17, 15) is 9.59 Å². The van der Waals surface area contributed by atoms with Gasteiger partial charge in [0.2, 0.25) is 5.91 Å². The lowest BCUT2D eigenvalue weighted by molar-refractivity contribution is -0.128. The summed E-state index contributed by atoms with van der Waals surface area (Å²) >= 11 is 0. The summed E-state index contributed by atoms with van der Waals surface area (Å²) in [7, 11) is 0. The molecule has 1 atom stereocenters. The minimum atomic E-state index is -0.130. The first-order valence-electron chi connectivity index (χ1n) is 11.7. The Morgan fingerprint density at radius 2 is 1.53 bits per heavy atom. The second-order valence-electron chi connectivity index (χ2n) is 8.63. The molecular weight excluding hydrogens is 426 g/mol. The van der Waals surface area contributed by atoms with Gasteiger partial charge in [-0.3, -0.25) is 14.6 Å². The molecule has 3 heterocycles. The van der Waals surface area contributed by atoms with Gasteiger partial charge in [0.1, 0.15) is 11.5 Å². The smallest absolute Gasteiger partial charge is 0.270 e. The van der Waals surface area contributed by atoms with Crippen molar-refractivity contribution in [3.63, 3.8) is 0 Å². The molecule has 2 amide bonds. The quantitative estimate of drug-likeness (QED) is 0.626. The maximum atomic E-state index is 13.4. The number of rotatable bonds is 5. The molecule has 2 aliphatic rings. The third kappa shape index (κ3) is 4.69. The zero-order valence-corrected chi connectivity index (χ0v) is 18.9. The molecule has 172 valence electrons. The number of carbonyl (C=O) groups is 2. The van der Waals surface area contributed by atoms with E-state index < -0.39 is 0 Å². The van der Waals surface area contributed by atoms with E-state index in [1.807, 2.05) is 70.6 Å². The first kappa shape index (κ1) is 21.8. The molecule has 2 aromatic carbocycles. The van der Waals surface area contributed by atoms with Crippen LogP contribution in [0.1, 0.15) is 30.9 Å². The maximum Gasteiger partial charge on any atom is 0.270 e. The first-order chi connectivity index (χ1) is 16.7. The number of hydrazone groups is 1. The summed E-state index contributed by atoms with van der Waals surface area (Å²) in [6.07, 6.45) is 3.46. The molecule has 0 aliphatic carbocycles. The van der Waals surface area contributed by atoms with E-state index in [0.29, 0.717) is 43.9 Å². The Morgan fingerprint density at radius 1 is 0.853 bits per heavy atom. The van der Waals surface area contributed by atoms with Crippen molar-refractivity contribution >= 4 is 29.0 Å². The molecule has 1 N–H and O–H groups in total. The van der Waals surface area contributed by atoms with Gasteiger partial charge in [-0.15, -0.1) is 0 Å². The molecule has 1 aromatic heterocycles. The molecular formula is C27H27N5O2. The molecule has 3 aromatic rings. The van der Waals surface area contributed by atoms with E-state index in [1.54, 1.807) is 12.3 Å². The summed E-state index contributed by atoms with van der Waals surface area (Å²) in [6, 6.07) is 25.5. The van der Waals surface area contributed by atoms with E-state index in [1.165, 1.54) is 0 Å². The second kappa shape index (κ2) is 9.87. The molecule has 2 aliphatic heterocycles. The van der Waals surface area contributed by atoms with Crippen LogP contribution in [0.2, 0.25) is 0 Å². The zero-order chi connectivity index (χ0) is 23.3. The van der Waals surface area contributed by atoms with Crippen LogP contribution in [0, 0.1) is 5.92 Å². The highest BCUT2D eigenvalue weighted by molar-refractivity contribution is 6.39. The molecule has 7 nitrogen and oxygen atoms in total. The lowest BCUT2D eigenvalue weighted by atomic mass is 9.95. The van der Waals surface area contributed by atoms with E-state index in [-0.39, 0.29) is 23.8 Å². The average Bonchev–Trinajstić information content (AvgIpc) is 3.36. The van der Waals surface area contributed by atoms with Crippen LogP contribution >= 0.6 is 0 Å².